The van der Waals surface area contributed by atoms with E-state index < -0.39 is 5.97 Å². The summed E-state index contributed by atoms with van der Waals surface area (Å²) in [7, 11) is 0. The summed E-state index contributed by atoms with van der Waals surface area (Å²) in [4.78, 5) is 10.7. The van der Waals surface area contributed by atoms with Crippen molar-refractivity contribution in [2.75, 3.05) is 0 Å². The van der Waals surface area contributed by atoms with Crippen LogP contribution in [0.5, 0.6) is 0 Å². The summed E-state index contributed by atoms with van der Waals surface area (Å²) in [5.74, 6) is -0.724. The highest BCUT2D eigenvalue weighted by atomic mass is 16.4. The van der Waals surface area contributed by atoms with Crippen LogP contribution in [0.25, 0.3) is 64.6 Å². The Balaban J connectivity index is 0.000000133. The summed E-state index contributed by atoms with van der Waals surface area (Å²) in [6.07, 6.45) is 1.71. The van der Waals surface area contributed by atoms with Crippen LogP contribution in [0.1, 0.15) is 18.4 Å². The molecule has 0 aliphatic carbocycles. The molecule has 2 heteroatoms. The molecule has 0 aliphatic rings. The minimum atomic E-state index is -0.724. The largest absolute Gasteiger partial charge is 0.481 e. The van der Waals surface area contributed by atoms with E-state index in [0.717, 1.165) is 6.42 Å². The first-order valence-corrected chi connectivity index (χ1v) is 13.2. The summed E-state index contributed by atoms with van der Waals surface area (Å²) in [6, 6.07) is 41.3. The van der Waals surface area contributed by atoms with Crippen molar-refractivity contribution in [2.24, 2.45) is 0 Å². The zero-order valence-electron chi connectivity index (χ0n) is 20.9. The van der Waals surface area contributed by atoms with Crippen molar-refractivity contribution in [1.82, 2.24) is 0 Å². The molecular weight excluding hydrogens is 464 g/mol. The number of carboxylic acid groups (broad SMARTS) is 1. The van der Waals surface area contributed by atoms with Gasteiger partial charge in [0, 0.05) is 6.42 Å². The van der Waals surface area contributed by atoms with E-state index in [2.05, 4.69) is 115 Å². The van der Waals surface area contributed by atoms with Crippen LogP contribution in [-0.4, -0.2) is 11.1 Å². The fourth-order valence-electron chi connectivity index (χ4n) is 6.11. The average molecular weight is 491 g/mol. The standard InChI is InChI=1S/C20H16O2.C16H10/c21-18(22)6-2-3-13-7-8-16-10-9-14-4-1-5-15-11-12-17(13)20(16)19(14)15;1-3-11-7-9-13-5-2-6-14-10-8-12(4-1)15(11)16(13)14/h1,4-5,7-12H,2-3,6H2,(H,21,22);1-10H. The molecule has 8 rings (SSSR count). The Bertz CT molecular complexity index is 1940. The molecule has 0 atom stereocenters. The van der Waals surface area contributed by atoms with E-state index in [-0.39, 0.29) is 6.42 Å². The van der Waals surface area contributed by atoms with E-state index in [1.54, 1.807) is 0 Å². The summed E-state index contributed by atoms with van der Waals surface area (Å²) >= 11 is 0. The molecule has 0 bridgehead atoms. The van der Waals surface area contributed by atoms with Gasteiger partial charge in [0.25, 0.3) is 0 Å². The lowest BCUT2D eigenvalue weighted by Crippen LogP contribution is -1.96. The van der Waals surface area contributed by atoms with Gasteiger partial charge >= 0.3 is 5.97 Å². The van der Waals surface area contributed by atoms with Gasteiger partial charge in [-0.15, -0.1) is 0 Å². The zero-order valence-corrected chi connectivity index (χ0v) is 20.9. The fraction of sp³-hybridized carbons (Fsp3) is 0.0833. The van der Waals surface area contributed by atoms with Crippen LogP contribution in [0.15, 0.2) is 115 Å². The van der Waals surface area contributed by atoms with Crippen molar-refractivity contribution in [3.05, 3.63) is 121 Å². The van der Waals surface area contributed by atoms with Crippen LogP contribution < -0.4 is 0 Å². The molecule has 182 valence electrons. The molecule has 0 unspecified atom stereocenters. The van der Waals surface area contributed by atoms with Crippen LogP contribution in [-0.2, 0) is 11.2 Å². The van der Waals surface area contributed by atoms with Gasteiger partial charge in [-0.05, 0) is 83.0 Å². The minimum absolute atomic E-state index is 0.224. The average Bonchev–Trinajstić information content (AvgIpc) is 2.95. The third kappa shape index (κ3) is 3.69. The molecule has 38 heavy (non-hydrogen) atoms. The SMILES string of the molecule is O=C(O)CCCc1ccc2ccc3cccc4ccc1c2c34.c1cc2ccc3cccc4ccc(c1)c2c34. The van der Waals surface area contributed by atoms with Crippen molar-refractivity contribution in [1.29, 1.82) is 0 Å². The number of aliphatic carboxylic acids is 1. The third-order valence-electron chi connectivity index (χ3n) is 7.85. The first-order valence-electron chi connectivity index (χ1n) is 13.2. The van der Waals surface area contributed by atoms with Gasteiger partial charge in [0.05, 0.1) is 0 Å². The molecule has 0 aliphatic heterocycles. The third-order valence-corrected chi connectivity index (χ3v) is 7.85. The molecule has 8 aromatic carbocycles. The Hall–Kier alpha value is -4.69. The van der Waals surface area contributed by atoms with Gasteiger partial charge in [-0.1, -0.05) is 115 Å². The number of carboxylic acids is 1. The van der Waals surface area contributed by atoms with E-state index in [9.17, 15) is 4.79 Å². The second kappa shape index (κ2) is 9.00. The number of rotatable bonds is 4. The highest BCUT2D eigenvalue weighted by Gasteiger charge is 2.11. The number of hydrogen-bond donors (Lipinski definition) is 1. The van der Waals surface area contributed by atoms with Gasteiger partial charge in [-0.2, -0.15) is 0 Å². The Morgan fingerprint density at radius 3 is 1.29 bits per heavy atom. The highest BCUT2D eigenvalue weighted by molar-refractivity contribution is 6.24. The lowest BCUT2D eigenvalue weighted by molar-refractivity contribution is -0.137. The molecule has 0 aromatic heterocycles. The van der Waals surface area contributed by atoms with Crippen molar-refractivity contribution in [3.63, 3.8) is 0 Å². The van der Waals surface area contributed by atoms with E-state index in [0.29, 0.717) is 6.42 Å². The molecule has 0 saturated heterocycles. The minimum Gasteiger partial charge on any atom is -0.481 e. The predicted molar refractivity (Wildman–Crippen MR) is 161 cm³/mol. The Labute approximate surface area is 220 Å². The molecule has 0 amide bonds. The van der Waals surface area contributed by atoms with E-state index in [1.165, 1.54) is 70.2 Å². The lowest BCUT2D eigenvalue weighted by Gasteiger charge is -2.13. The maximum atomic E-state index is 10.7. The molecule has 8 aromatic rings. The van der Waals surface area contributed by atoms with Crippen LogP contribution in [0, 0.1) is 0 Å². The summed E-state index contributed by atoms with van der Waals surface area (Å²) in [6.45, 7) is 0. The summed E-state index contributed by atoms with van der Waals surface area (Å²) in [5, 5.41) is 24.6. The van der Waals surface area contributed by atoms with Gasteiger partial charge in [0.2, 0.25) is 0 Å². The molecule has 0 radical (unpaired) electrons. The van der Waals surface area contributed by atoms with Gasteiger partial charge in [0.1, 0.15) is 0 Å². The Morgan fingerprint density at radius 2 is 0.842 bits per heavy atom. The van der Waals surface area contributed by atoms with Gasteiger partial charge in [-0.3, -0.25) is 4.79 Å². The van der Waals surface area contributed by atoms with Gasteiger partial charge in [-0.25, -0.2) is 0 Å². The van der Waals surface area contributed by atoms with Crippen LogP contribution in [0.4, 0.5) is 0 Å². The van der Waals surface area contributed by atoms with E-state index in [4.69, 9.17) is 5.11 Å². The normalized spacial score (nSPS) is 11.7. The Morgan fingerprint density at radius 1 is 0.474 bits per heavy atom. The van der Waals surface area contributed by atoms with E-state index >= 15 is 0 Å². The molecular formula is C36H26O2. The van der Waals surface area contributed by atoms with Crippen molar-refractivity contribution >= 4 is 70.6 Å². The molecule has 0 saturated carbocycles. The summed E-state index contributed by atoms with van der Waals surface area (Å²) in [5.41, 5.74) is 1.24. The first kappa shape index (κ1) is 22.5. The van der Waals surface area contributed by atoms with Crippen molar-refractivity contribution < 1.29 is 9.90 Å². The number of carbonyl (C=O) groups is 1. The fourth-order valence-corrected chi connectivity index (χ4v) is 6.11. The quantitative estimate of drug-likeness (QED) is 0.249. The first-order chi connectivity index (χ1) is 18.7. The maximum absolute atomic E-state index is 10.7. The van der Waals surface area contributed by atoms with Crippen molar-refractivity contribution in [3.8, 4) is 0 Å². The Kier molecular flexibility index (Phi) is 5.33. The number of benzene rings is 8. The molecule has 0 spiro atoms. The predicted octanol–water partition coefficient (Wildman–Crippen LogP) is 9.58. The van der Waals surface area contributed by atoms with E-state index in [1.807, 2.05) is 0 Å². The zero-order chi connectivity index (χ0) is 25.6. The van der Waals surface area contributed by atoms with Crippen LogP contribution >= 0.6 is 0 Å². The van der Waals surface area contributed by atoms with Gasteiger partial charge in [0.15, 0.2) is 0 Å². The number of hydrogen-bond acceptors (Lipinski definition) is 1. The van der Waals surface area contributed by atoms with Crippen molar-refractivity contribution in [2.45, 2.75) is 19.3 Å². The van der Waals surface area contributed by atoms with Crippen LogP contribution in [0.2, 0.25) is 0 Å². The molecule has 0 fully saturated rings. The number of aryl methyl sites for hydroxylation is 1. The topological polar surface area (TPSA) is 37.3 Å². The second-order valence-electron chi connectivity index (χ2n) is 10.1. The second-order valence-corrected chi connectivity index (χ2v) is 10.1. The summed E-state index contributed by atoms with van der Waals surface area (Å²) < 4.78 is 0. The monoisotopic (exact) mass is 490 g/mol. The lowest BCUT2D eigenvalue weighted by atomic mass is 9.90. The smallest absolute Gasteiger partial charge is 0.303 e. The maximum Gasteiger partial charge on any atom is 0.303 e. The van der Waals surface area contributed by atoms with Gasteiger partial charge < -0.3 is 5.11 Å². The molecule has 0 heterocycles. The highest BCUT2D eigenvalue weighted by Crippen LogP contribution is 2.36. The molecule has 1 N–H and O–H groups in total. The van der Waals surface area contributed by atoms with Crippen LogP contribution in [0.3, 0.4) is 0 Å². The molecule has 2 nitrogen and oxygen atoms in total.